The first kappa shape index (κ1) is 14.6. The molecule has 4 nitrogen and oxygen atoms in total. The van der Waals surface area contributed by atoms with Crippen LogP contribution in [0.4, 0.5) is 0 Å². The highest BCUT2D eigenvalue weighted by molar-refractivity contribution is 6.30. The first-order valence-electron chi connectivity index (χ1n) is 7.42. The van der Waals surface area contributed by atoms with Gasteiger partial charge in [0.25, 0.3) is 5.91 Å². The number of hydrogen-bond donors (Lipinski definition) is 0. The lowest BCUT2D eigenvalue weighted by molar-refractivity contribution is 0.0966. The average molecular weight is 334 g/mol. The van der Waals surface area contributed by atoms with E-state index < -0.39 is 0 Å². The van der Waals surface area contributed by atoms with Gasteiger partial charge in [-0.05, 0) is 36.4 Å². The molecular formula is C19H12ClN3O. The molecule has 2 heterocycles. The van der Waals surface area contributed by atoms with E-state index in [1.165, 1.54) is 0 Å². The van der Waals surface area contributed by atoms with Crippen LogP contribution in [0.1, 0.15) is 10.4 Å². The van der Waals surface area contributed by atoms with E-state index in [0.717, 1.165) is 16.6 Å². The molecule has 4 rings (SSSR count). The van der Waals surface area contributed by atoms with Gasteiger partial charge in [0.15, 0.2) is 0 Å². The molecule has 0 saturated carbocycles. The van der Waals surface area contributed by atoms with E-state index in [2.05, 4.69) is 9.97 Å². The summed E-state index contributed by atoms with van der Waals surface area (Å²) in [7, 11) is 0. The number of carbonyl (C=O) groups excluding carboxylic acids is 1. The van der Waals surface area contributed by atoms with E-state index in [4.69, 9.17) is 11.6 Å². The number of benzene rings is 2. The summed E-state index contributed by atoms with van der Waals surface area (Å²) in [6.45, 7) is 0. The number of carbonyl (C=O) groups is 1. The van der Waals surface area contributed by atoms with Crippen molar-refractivity contribution in [2.45, 2.75) is 0 Å². The Morgan fingerprint density at radius 3 is 2.67 bits per heavy atom. The Bertz CT molecular complexity index is 1040. The van der Waals surface area contributed by atoms with Crippen molar-refractivity contribution in [3.05, 3.63) is 83.6 Å². The SMILES string of the molecule is O=C(c1cccnc1)n1c(-c2cccc(Cl)c2)nc2ccccc21. The highest BCUT2D eigenvalue weighted by Gasteiger charge is 2.19. The highest BCUT2D eigenvalue weighted by atomic mass is 35.5. The Labute approximate surface area is 143 Å². The number of nitrogens with zero attached hydrogens (tertiary/aromatic N) is 3. The maximum atomic E-state index is 13.1. The molecule has 2 aromatic carbocycles. The number of pyridine rings is 1. The van der Waals surface area contributed by atoms with Gasteiger partial charge in [0.2, 0.25) is 0 Å². The highest BCUT2D eigenvalue weighted by Crippen LogP contribution is 2.27. The van der Waals surface area contributed by atoms with Crippen LogP contribution in [-0.4, -0.2) is 20.4 Å². The fourth-order valence-electron chi connectivity index (χ4n) is 2.67. The minimum absolute atomic E-state index is 0.174. The molecule has 0 spiro atoms. The summed E-state index contributed by atoms with van der Waals surface area (Å²) in [6.07, 6.45) is 3.19. The lowest BCUT2D eigenvalue weighted by atomic mass is 10.2. The summed E-state index contributed by atoms with van der Waals surface area (Å²) in [6, 6.07) is 18.4. The molecule has 0 atom stereocenters. The number of fused-ring (bicyclic) bond motifs is 1. The minimum Gasteiger partial charge on any atom is -0.268 e. The Kier molecular flexibility index (Phi) is 3.59. The zero-order valence-electron chi connectivity index (χ0n) is 12.6. The lowest BCUT2D eigenvalue weighted by Crippen LogP contribution is -2.13. The van der Waals surface area contributed by atoms with Crippen molar-refractivity contribution < 1.29 is 4.79 Å². The van der Waals surface area contributed by atoms with Crippen LogP contribution < -0.4 is 0 Å². The van der Waals surface area contributed by atoms with Crippen molar-refractivity contribution in [1.82, 2.24) is 14.5 Å². The molecule has 0 aliphatic rings. The maximum Gasteiger partial charge on any atom is 0.265 e. The zero-order chi connectivity index (χ0) is 16.5. The number of aromatic nitrogens is 3. The Balaban J connectivity index is 1.99. The maximum absolute atomic E-state index is 13.1. The second-order valence-electron chi connectivity index (χ2n) is 5.32. The fraction of sp³-hybridized carbons (Fsp3) is 0. The van der Waals surface area contributed by atoms with Gasteiger partial charge in [0.1, 0.15) is 5.82 Å². The van der Waals surface area contributed by atoms with Gasteiger partial charge in [-0.2, -0.15) is 0 Å². The summed E-state index contributed by atoms with van der Waals surface area (Å²) >= 11 is 6.11. The Morgan fingerprint density at radius 2 is 1.88 bits per heavy atom. The van der Waals surface area contributed by atoms with Crippen molar-refractivity contribution in [3.63, 3.8) is 0 Å². The third-order valence-corrected chi connectivity index (χ3v) is 3.99. The van der Waals surface area contributed by atoms with Crippen LogP contribution in [-0.2, 0) is 0 Å². The van der Waals surface area contributed by atoms with E-state index in [1.807, 2.05) is 36.4 Å². The van der Waals surface area contributed by atoms with Crippen LogP contribution in [0, 0.1) is 0 Å². The second-order valence-corrected chi connectivity index (χ2v) is 5.75. The predicted molar refractivity (Wildman–Crippen MR) is 94.1 cm³/mol. The molecule has 0 N–H and O–H groups in total. The molecule has 5 heteroatoms. The van der Waals surface area contributed by atoms with Crippen LogP contribution in [0.15, 0.2) is 73.1 Å². The molecular weight excluding hydrogens is 322 g/mol. The van der Waals surface area contributed by atoms with Gasteiger partial charge in [-0.15, -0.1) is 0 Å². The van der Waals surface area contributed by atoms with E-state index in [1.54, 1.807) is 41.2 Å². The fourth-order valence-corrected chi connectivity index (χ4v) is 2.86. The van der Waals surface area contributed by atoms with Gasteiger partial charge in [-0.3, -0.25) is 14.3 Å². The molecule has 0 unspecified atom stereocenters. The van der Waals surface area contributed by atoms with Crippen LogP contribution in [0.5, 0.6) is 0 Å². The molecule has 0 fully saturated rings. The molecule has 0 radical (unpaired) electrons. The van der Waals surface area contributed by atoms with Crippen LogP contribution in [0.2, 0.25) is 5.02 Å². The topological polar surface area (TPSA) is 47.8 Å². The number of imidazole rings is 1. The predicted octanol–water partition coefficient (Wildman–Crippen LogP) is 4.44. The van der Waals surface area contributed by atoms with Crippen molar-refractivity contribution in [1.29, 1.82) is 0 Å². The first-order valence-corrected chi connectivity index (χ1v) is 7.80. The van der Waals surface area contributed by atoms with Crippen molar-refractivity contribution in [2.75, 3.05) is 0 Å². The molecule has 24 heavy (non-hydrogen) atoms. The third-order valence-electron chi connectivity index (χ3n) is 3.76. The second kappa shape index (κ2) is 5.91. The third kappa shape index (κ3) is 2.47. The van der Waals surface area contributed by atoms with Crippen LogP contribution in [0.25, 0.3) is 22.4 Å². The molecule has 0 aliphatic carbocycles. The largest absolute Gasteiger partial charge is 0.268 e. The number of halogens is 1. The number of hydrogen-bond acceptors (Lipinski definition) is 3. The van der Waals surface area contributed by atoms with Gasteiger partial charge in [0, 0.05) is 23.0 Å². The number of para-hydroxylation sites is 2. The van der Waals surface area contributed by atoms with Gasteiger partial charge in [0.05, 0.1) is 16.6 Å². The molecule has 0 amide bonds. The molecule has 4 aromatic rings. The standard InChI is InChI=1S/C19H12ClN3O/c20-15-7-3-5-13(11-15)18-22-16-8-1-2-9-17(16)23(18)19(24)14-6-4-10-21-12-14/h1-12H. The van der Waals surface area contributed by atoms with Gasteiger partial charge in [-0.1, -0.05) is 35.9 Å². The quantitative estimate of drug-likeness (QED) is 0.545. The van der Waals surface area contributed by atoms with Gasteiger partial charge < -0.3 is 0 Å². The van der Waals surface area contributed by atoms with Gasteiger partial charge >= 0.3 is 0 Å². The average Bonchev–Trinajstić information content (AvgIpc) is 3.01. The van der Waals surface area contributed by atoms with Crippen molar-refractivity contribution >= 4 is 28.5 Å². The number of rotatable bonds is 2. The molecule has 2 aromatic heterocycles. The summed E-state index contributed by atoms with van der Waals surface area (Å²) in [5.74, 6) is 0.388. The Morgan fingerprint density at radius 1 is 1.00 bits per heavy atom. The Hall–Kier alpha value is -2.98. The van der Waals surface area contributed by atoms with E-state index in [-0.39, 0.29) is 5.91 Å². The molecule has 116 valence electrons. The molecule has 0 saturated heterocycles. The van der Waals surface area contributed by atoms with E-state index in [0.29, 0.717) is 16.4 Å². The van der Waals surface area contributed by atoms with Crippen LogP contribution >= 0.6 is 11.6 Å². The summed E-state index contributed by atoms with van der Waals surface area (Å²) in [5, 5.41) is 0.597. The minimum atomic E-state index is -0.174. The first-order chi connectivity index (χ1) is 11.7. The normalized spacial score (nSPS) is 10.9. The summed E-state index contributed by atoms with van der Waals surface area (Å²) < 4.78 is 1.61. The summed E-state index contributed by atoms with van der Waals surface area (Å²) in [4.78, 5) is 21.7. The monoisotopic (exact) mass is 333 g/mol. The van der Waals surface area contributed by atoms with Gasteiger partial charge in [-0.25, -0.2) is 4.98 Å². The van der Waals surface area contributed by atoms with Crippen molar-refractivity contribution in [3.8, 4) is 11.4 Å². The smallest absolute Gasteiger partial charge is 0.265 e. The molecule has 0 bridgehead atoms. The van der Waals surface area contributed by atoms with E-state index >= 15 is 0 Å². The zero-order valence-corrected chi connectivity index (χ0v) is 13.3. The summed E-state index contributed by atoms with van der Waals surface area (Å²) in [5.41, 5.74) is 2.80. The van der Waals surface area contributed by atoms with Crippen molar-refractivity contribution in [2.24, 2.45) is 0 Å². The molecule has 0 aliphatic heterocycles. The lowest BCUT2D eigenvalue weighted by Gasteiger charge is -2.08. The van der Waals surface area contributed by atoms with E-state index in [9.17, 15) is 4.79 Å². The van der Waals surface area contributed by atoms with Crippen LogP contribution in [0.3, 0.4) is 0 Å².